The second kappa shape index (κ2) is 8.35. The van der Waals surface area contributed by atoms with Crippen LogP contribution in [0.3, 0.4) is 0 Å². The summed E-state index contributed by atoms with van der Waals surface area (Å²) in [7, 11) is -3.50. The second-order valence-electron chi connectivity index (χ2n) is 10.0. The highest BCUT2D eigenvalue weighted by atomic mass is 32.2. The maximum atomic E-state index is 13.2. The van der Waals surface area contributed by atoms with Crippen molar-refractivity contribution in [1.82, 2.24) is 25.1 Å². The molecule has 1 aliphatic carbocycles. The summed E-state index contributed by atoms with van der Waals surface area (Å²) in [6.45, 7) is 5.51. The van der Waals surface area contributed by atoms with Crippen molar-refractivity contribution < 1.29 is 8.42 Å². The molecule has 4 aromatic rings. The van der Waals surface area contributed by atoms with E-state index < -0.39 is 9.84 Å². The van der Waals surface area contributed by atoms with Crippen LogP contribution in [0.1, 0.15) is 41.3 Å². The molecule has 6 rings (SSSR count). The number of nitrogens with zero attached hydrogens (tertiary/aromatic N) is 4. The summed E-state index contributed by atoms with van der Waals surface area (Å²) in [5.41, 5.74) is 10.5. The van der Waals surface area contributed by atoms with Crippen molar-refractivity contribution in [3.05, 3.63) is 81.9 Å². The van der Waals surface area contributed by atoms with Crippen molar-refractivity contribution in [2.24, 2.45) is 11.1 Å². The maximum absolute atomic E-state index is 13.2. The number of fused-ring (bicyclic) bond motifs is 2. The Balaban J connectivity index is 1.26. The number of sulfone groups is 1. The van der Waals surface area contributed by atoms with Gasteiger partial charge in [0.05, 0.1) is 0 Å². The summed E-state index contributed by atoms with van der Waals surface area (Å²) < 4.78 is 23.8. The number of anilines is 1. The van der Waals surface area contributed by atoms with Crippen LogP contribution in [0.5, 0.6) is 0 Å². The summed E-state index contributed by atoms with van der Waals surface area (Å²) in [5.74, 6) is 0.487. The van der Waals surface area contributed by atoms with Crippen LogP contribution in [-0.4, -0.2) is 52.9 Å². The summed E-state index contributed by atoms with van der Waals surface area (Å²) in [6.07, 6.45) is 5.26. The van der Waals surface area contributed by atoms with Gasteiger partial charge in [-0.05, 0) is 53.5 Å². The standard InChI is InChI=1S/C26H27N7O3S/c1-15(16-7-10-28-19(13-16)37(2,35)36)21-20-23(32-31-21)29-25(30-24(20)34)33-11-8-26(9-12-33)14-17-5-3-4-6-18(17)22(26)27/h3-7,10,13,22H,1,8-9,11-12,14,27H2,2H3,(H2,29,30,31,32,34)/t22-/m1/s1. The normalized spacial score (nSPS) is 18.9. The predicted molar refractivity (Wildman–Crippen MR) is 141 cm³/mol. The maximum Gasteiger partial charge on any atom is 0.264 e. The first kappa shape index (κ1) is 23.6. The molecule has 0 radical (unpaired) electrons. The lowest BCUT2D eigenvalue weighted by molar-refractivity contribution is 0.187. The summed E-state index contributed by atoms with van der Waals surface area (Å²) >= 11 is 0. The summed E-state index contributed by atoms with van der Waals surface area (Å²) in [5, 5.41) is 7.33. The van der Waals surface area contributed by atoms with Gasteiger partial charge in [-0.2, -0.15) is 10.1 Å². The molecule has 1 saturated heterocycles. The number of pyridine rings is 1. The third-order valence-electron chi connectivity index (χ3n) is 7.82. The van der Waals surface area contributed by atoms with Crippen LogP contribution in [0.2, 0.25) is 0 Å². The lowest BCUT2D eigenvalue weighted by Gasteiger charge is -2.42. The van der Waals surface area contributed by atoms with Crippen LogP contribution in [0, 0.1) is 5.41 Å². The third kappa shape index (κ3) is 3.85. The highest BCUT2D eigenvalue weighted by Crippen LogP contribution is 2.50. The van der Waals surface area contributed by atoms with E-state index in [1.807, 2.05) is 6.07 Å². The highest BCUT2D eigenvalue weighted by Gasteiger charge is 2.46. The number of aromatic nitrogens is 5. The largest absolute Gasteiger partial charge is 0.342 e. The van der Waals surface area contributed by atoms with Crippen LogP contribution < -0.4 is 16.2 Å². The molecule has 0 saturated carbocycles. The number of hydrogen-bond donors (Lipinski definition) is 3. The number of piperidine rings is 1. The molecule has 10 nitrogen and oxygen atoms in total. The zero-order chi connectivity index (χ0) is 25.9. The molecule has 1 fully saturated rings. The van der Waals surface area contributed by atoms with Crippen molar-refractivity contribution in [3.63, 3.8) is 0 Å². The fraction of sp³-hybridized carbons (Fsp3) is 0.308. The van der Waals surface area contributed by atoms with Crippen LogP contribution in [0.25, 0.3) is 16.6 Å². The minimum absolute atomic E-state index is 0.0120. The molecule has 0 unspecified atom stereocenters. The lowest BCUT2D eigenvalue weighted by atomic mass is 9.73. The molecule has 190 valence electrons. The van der Waals surface area contributed by atoms with Crippen molar-refractivity contribution >= 4 is 32.4 Å². The number of hydrogen-bond acceptors (Lipinski definition) is 8. The molecule has 11 heteroatoms. The Morgan fingerprint density at radius 3 is 2.70 bits per heavy atom. The average Bonchev–Trinajstić information content (AvgIpc) is 3.43. The summed E-state index contributed by atoms with van der Waals surface area (Å²) in [4.78, 5) is 26.7. The molecule has 37 heavy (non-hydrogen) atoms. The molecule has 0 bridgehead atoms. The zero-order valence-corrected chi connectivity index (χ0v) is 21.2. The van der Waals surface area contributed by atoms with Gasteiger partial charge in [-0.1, -0.05) is 30.8 Å². The molecule has 3 aromatic heterocycles. The van der Waals surface area contributed by atoms with Gasteiger partial charge in [0.2, 0.25) is 5.95 Å². The van der Waals surface area contributed by atoms with E-state index in [1.165, 1.54) is 23.4 Å². The molecule has 4 N–H and O–H groups in total. The van der Waals surface area contributed by atoms with Crippen LogP contribution in [0.4, 0.5) is 5.95 Å². The van der Waals surface area contributed by atoms with E-state index in [4.69, 9.17) is 5.73 Å². The minimum atomic E-state index is -3.50. The second-order valence-corrected chi connectivity index (χ2v) is 12.0. The number of nitrogens with one attached hydrogen (secondary N) is 2. The SMILES string of the molecule is C=C(c1ccnc(S(C)(=O)=O)c1)c1n[nH]c2nc(N3CCC4(CC3)Cc3ccccc3[C@H]4N)[nH]c(=O)c12. The van der Waals surface area contributed by atoms with Gasteiger partial charge in [0.25, 0.3) is 5.56 Å². The van der Waals surface area contributed by atoms with Crippen molar-refractivity contribution in [3.8, 4) is 0 Å². The first-order valence-corrected chi connectivity index (χ1v) is 14.0. The van der Waals surface area contributed by atoms with E-state index in [2.05, 4.69) is 54.8 Å². The summed E-state index contributed by atoms with van der Waals surface area (Å²) in [6, 6.07) is 11.5. The van der Waals surface area contributed by atoms with Crippen molar-refractivity contribution in [2.75, 3.05) is 24.2 Å². The number of rotatable bonds is 4. The molecule has 1 aliphatic heterocycles. The van der Waals surface area contributed by atoms with E-state index in [-0.39, 0.29) is 27.4 Å². The Morgan fingerprint density at radius 2 is 1.97 bits per heavy atom. The molecule has 4 heterocycles. The van der Waals surface area contributed by atoms with Crippen LogP contribution >= 0.6 is 0 Å². The van der Waals surface area contributed by atoms with E-state index in [0.29, 0.717) is 28.4 Å². The van der Waals surface area contributed by atoms with E-state index >= 15 is 0 Å². The topological polar surface area (TPSA) is 151 Å². The number of nitrogens with two attached hydrogens (primary N) is 1. The molecule has 1 atom stereocenters. The van der Waals surface area contributed by atoms with Gasteiger partial charge in [-0.25, -0.2) is 13.4 Å². The van der Waals surface area contributed by atoms with Gasteiger partial charge in [0, 0.05) is 37.2 Å². The van der Waals surface area contributed by atoms with Crippen molar-refractivity contribution in [2.45, 2.75) is 30.3 Å². The van der Waals surface area contributed by atoms with Crippen LogP contribution in [0.15, 0.2) is 59.0 Å². The third-order valence-corrected chi connectivity index (χ3v) is 8.80. The van der Waals surface area contributed by atoms with E-state index in [9.17, 15) is 13.2 Å². The van der Waals surface area contributed by atoms with Gasteiger partial charge in [-0.15, -0.1) is 0 Å². The Bertz CT molecular complexity index is 1720. The van der Waals surface area contributed by atoms with Gasteiger partial charge >= 0.3 is 0 Å². The Kier molecular flexibility index (Phi) is 5.32. The average molecular weight is 518 g/mol. The van der Waals surface area contributed by atoms with Gasteiger partial charge in [-0.3, -0.25) is 14.9 Å². The van der Waals surface area contributed by atoms with Gasteiger partial charge in [0.1, 0.15) is 11.1 Å². The fourth-order valence-corrected chi connectivity index (χ4v) is 6.29. The zero-order valence-electron chi connectivity index (χ0n) is 20.4. The van der Waals surface area contributed by atoms with E-state index in [0.717, 1.165) is 38.6 Å². The van der Waals surface area contributed by atoms with Gasteiger partial charge in [0.15, 0.2) is 20.5 Å². The molecular weight excluding hydrogens is 490 g/mol. The lowest BCUT2D eigenvalue weighted by Crippen LogP contribution is -2.45. The Hall–Kier alpha value is -3.83. The predicted octanol–water partition coefficient (Wildman–Crippen LogP) is 2.35. The Morgan fingerprint density at radius 1 is 1.22 bits per heavy atom. The monoisotopic (exact) mass is 517 g/mol. The quantitative estimate of drug-likeness (QED) is 0.373. The van der Waals surface area contributed by atoms with E-state index in [1.54, 1.807) is 6.07 Å². The molecule has 1 aromatic carbocycles. The number of aromatic amines is 2. The fourth-order valence-electron chi connectivity index (χ4n) is 5.70. The highest BCUT2D eigenvalue weighted by molar-refractivity contribution is 7.90. The van der Waals surface area contributed by atoms with Crippen LogP contribution in [-0.2, 0) is 16.3 Å². The van der Waals surface area contributed by atoms with Gasteiger partial charge < -0.3 is 10.6 Å². The number of benzene rings is 1. The molecular formula is C26H27N7O3S. The molecule has 0 amide bonds. The number of H-pyrrole nitrogens is 2. The first-order chi connectivity index (χ1) is 17.7. The molecule has 2 aliphatic rings. The Labute approximate surface area is 213 Å². The smallest absolute Gasteiger partial charge is 0.264 e. The minimum Gasteiger partial charge on any atom is -0.342 e. The first-order valence-electron chi connectivity index (χ1n) is 12.1. The van der Waals surface area contributed by atoms with Crippen molar-refractivity contribution in [1.29, 1.82) is 0 Å². The molecule has 1 spiro atoms.